The summed E-state index contributed by atoms with van der Waals surface area (Å²) in [6.07, 6.45) is 0. The topological polar surface area (TPSA) is 59.3 Å². The zero-order valence-electron chi connectivity index (χ0n) is 18.7. The van der Waals surface area contributed by atoms with Crippen LogP contribution in [0, 0.1) is 27.7 Å². The smallest absolute Gasteiger partial charge is 0.213 e. The fraction of sp³-hybridized carbons (Fsp3) is 0.250. The lowest BCUT2D eigenvalue weighted by Crippen LogP contribution is -2.17. The molecule has 0 bridgehead atoms. The van der Waals surface area contributed by atoms with Gasteiger partial charge < -0.3 is 9.13 Å². The van der Waals surface area contributed by atoms with E-state index >= 15 is 0 Å². The molecule has 0 saturated carbocycles. The van der Waals surface area contributed by atoms with Crippen molar-refractivity contribution in [3.05, 3.63) is 103 Å². The van der Waals surface area contributed by atoms with Crippen LogP contribution in [-0.2, 0) is 13.1 Å². The Morgan fingerprint density at radius 2 is 0.969 bits per heavy atom. The molecule has 0 aliphatic rings. The van der Waals surface area contributed by atoms with Crippen LogP contribution < -0.4 is 9.60 Å². The van der Waals surface area contributed by atoms with Gasteiger partial charge in [-0.05, 0) is 49.3 Å². The van der Waals surface area contributed by atoms with Gasteiger partial charge in [-0.15, -0.1) is 0 Å². The van der Waals surface area contributed by atoms with E-state index in [0.717, 1.165) is 22.7 Å². The predicted molar refractivity (Wildman–Crippen MR) is 131 cm³/mol. The molecule has 0 aliphatic carbocycles. The SMILES string of the molecule is Cc1s\c(=N/N=N/N=c2\sc(C)c(C)n2Cc2ccccc2)n(Cc2ccccc2)c1C. The molecule has 2 heterocycles. The van der Waals surface area contributed by atoms with Crippen LogP contribution in [-0.4, -0.2) is 9.13 Å². The van der Waals surface area contributed by atoms with E-state index in [9.17, 15) is 0 Å². The fourth-order valence-electron chi connectivity index (χ4n) is 3.37. The highest BCUT2D eigenvalue weighted by Crippen LogP contribution is 2.13. The molecular weight excluding hydrogens is 436 g/mol. The molecule has 2 aromatic heterocycles. The molecular formula is C24H26N6S2. The largest absolute Gasteiger partial charge is 0.315 e. The maximum Gasteiger partial charge on any atom is 0.213 e. The van der Waals surface area contributed by atoms with Crippen LogP contribution in [0.1, 0.15) is 32.3 Å². The molecule has 0 spiro atoms. The molecule has 4 rings (SSSR count). The first kappa shape index (κ1) is 22.1. The number of nitrogens with zero attached hydrogens (tertiary/aromatic N) is 6. The Labute approximate surface area is 195 Å². The van der Waals surface area contributed by atoms with Crippen LogP contribution in [0.4, 0.5) is 0 Å². The maximum atomic E-state index is 4.38. The Morgan fingerprint density at radius 1 is 0.594 bits per heavy atom. The quantitative estimate of drug-likeness (QED) is 0.267. The summed E-state index contributed by atoms with van der Waals surface area (Å²) in [4.78, 5) is 4.08. The summed E-state index contributed by atoms with van der Waals surface area (Å²) in [5, 5.41) is 16.9. The van der Waals surface area contributed by atoms with Crippen LogP contribution in [0.5, 0.6) is 0 Å². The number of thiazole rings is 2. The Balaban J connectivity index is 1.63. The summed E-state index contributed by atoms with van der Waals surface area (Å²) < 4.78 is 4.34. The second-order valence-corrected chi connectivity index (χ2v) is 9.94. The molecule has 2 aromatic carbocycles. The van der Waals surface area contributed by atoms with E-state index in [1.165, 1.54) is 32.3 Å². The van der Waals surface area contributed by atoms with E-state index in [-0.39, 0.29) is 0 Å². The first-order valence-corrected chi connectivity index (χ1v) is 12.1. The van der Waals surface area contributed by atoms with Crippen molar-refractivity contribution in [1.82, 2.24) is 9.13 Å². The summed E-state index contributed by atoms with van der Waals surface area (Å²) >= 11 is 3.23. The van der Waals surface area contributed by atoms with Gasteiger partial charge >= 0.3 is 0 Å². The third-order valence-electron chi connectivity index (χ3n) is 5.45. The van der Waals surface area contributed by atoms with Gasteiger partial charge in [0, 0.05) is 21.1 Å². The van der Waals surface area contributed by atoms with Gasteiger partial charge in [-0.25, -0.2) is 0 Å². The number of aryl methyl sites for hydroxylation is 2. The maximum absolute atomic E-state index is 4.38. The van der Waals surface area contributed by atoms with E-state index in [1.807, 2.05) is 12.1 Å². The second-order valence-electron chi connectivity index (χ2n) is 7.57. The van der Waals surface area contributed by atoms with Crippen molar-refractivity contribution in [2.24, 2.45) is 20.6 Å². The van der Waals surface area contributed by atoms with Crippen LogP contribution in [0.25, 0.3) is 0 Å². The van der Waals surface area contributed by atoms with Gasteiger partial charge in [0.05, 0.1) is 13.1 Å². The van der Waals surface area contributed by atoms with E-state index in [1.54, 1.807) is 22.7 Å². The van der Waals surface area contributed by atoms with E-state index in [2.05, 4.69) is 106 Å². The highest BCUT2D eigenvalue weighted by Gasteiger charge is 2.08. The van der Waals surface area contributed by atoms with Crippen molar-refractivity contribution < 1.29 is 0 Å². The van der Waals surface area contributed by atoms with Crippen molar-refractivity contribution in [2.45, 2.75) is 40.8 Å². The molecule has 164 valence electrons. The van der Waals surface area contributed by atoms with Gasteiger partial charge in [-0.1, -0.05) is 93.5 Å². The molecule has 0 unspecified atom stereocenters. The highest BCUT2D eigenvalue weighted by atomic mass is 32.1. The lowest BCUT2D eigenvalue weighted by Gasteiger charge is -2.06. The Hall–Kier alpha value is -3.10. The number of hydrogen-bond donors (Lipinski definition) is 0. The van der Waals surface area contributed by atoms with Gasteiger partial charge in [0.15, 0.2) is 0 Å². The molecule has 0 N–H and O–H groups in total. The van der Waals surface area contributed by atoms with Gasteiger partial charge in [0.25, 0.3) is 0 Å². The minimum atomic E-state index is 0.753. The van der Waals surface area contributed by atoms with Crippen molar-refractivity contribution in [3.8, 4) is 0 Å². The summed E-state index contributed by atoms with van der Waals surface area (Å²) in [7, 11) is 0. The number of aromatic nitrogens is 2. The molecule has 4 aromatic rings. The van der Waals surface area contributed by atoms with Gasteiger partial charge in [0.2, 0.25) is 9.60 Å². The minimum absolute atomic E-state index is 0.753. The summed E-state index contributed by atoms with van der Waals surface area (Å²) in [5.41, 5.74) is 4.83. The summed E-state index contributed by atoms with van der Waals surface area (Å²) in [5.74, 6) is 0. The lowest BCUT2D eigenvalue weighted by atomic mass is 10.2. The number of hydrogen-bond acceptors (Lipinski definition) is 4. The summed E-state index contributed by atoms with van der Waals surface area (Å²) in [6.45, 7) is 9.93. The fourth-order valence-corrected chi connectivity index (χ4v) is 5.21. The van der Waals surface area contributed by atoms with Gasteiger partial charge in [-0.3, -0.25) is 0 Å². The molecule has 0 amide bonds. The summed E-state index contributed by atoms with van der Waals surface area (Å²) in [6, 6.07) is 20.7. The normalized spacial score (nSPS) is 12.9. The molecule has 0 saturated heterocycles. The Morgan fingerprint density at radius 3 is 1.34 bits per heavy atom. The highest BCUT2D eigenvalue weighted by molar-refractivity contribution is 7.09. The van der Waals surface area contributed by atoms with Crippen LogP contribution in [0.3, 0.4) is 0 Å². The van der Waals surface area contributed by atoms with E-state index in [0.29, 0.717) is 0 Å². The van der Waals surface area contributed by atoms with Crippen molar-refractivity contribution in [3.63, 3.8) is 0 Å². The van der Waals surface area contributed by atoms with E-state index in [4.69, 9.17) is 0 Å². The average molecular weight is 463 g/mol. The molecule has 0 aliphatic heterocycles. The minimum Gasteiger partial charge on any atom is -0.315 e. The molecule has 6 nitrogen and oxygen atoms in total. The standard InChI is InChI=1S/C24H26N6S2/c1-17-19(3)31-23(29(17)15-21-11-7-5-8-12-21)25-27-28-26-24-30(18(2)20(4)32-24)16-22-13-9-6-10-14-22/h5-14H,15-16H2,1-4H3/b25-23-,26-24-,28-27+. The first-order chi connectivity index (χ1) is 15.5. The number of benzene rings is 2. The monoisotopic (exact) mass is 462 g/mol. The van der Waals surface area contributed by atoms with Crippen LogP contribution in [0.2, 0.25) is 0 Å². The lowest BCUT2D eigenvalue weighted by molar-refractivity contribution is 0.710. The zero-order chi connectivity index (χ0) is 22.5. The molecule has 32 heavy (non-hydrogen) atoms. The molecule has 0 fully saturated rings. The average Bonchev–Trinajstić information content (AvgIpc) is 3.22. The van der Waals surface area contributed by atoms with Crippen molar-refractivity contribution in [2.75, 3.05) is 0 Å². The van der Waals surface area contributed by atoms with Crippen LogP contribution >= 0.6 is 22.7 Å². The Kier molecular flexibility index (Phi) is 6.92. The molecule has 0 atom stereocenters. The molecule has 8 heteroatoms. The third kappa shape index (κ3) is 5.03. The number of rotatable bonds is 6. The first-order valence-electron chi connectivity index (χ1n) is 10.4. The second kappa shape index (κ2) is 10.0. The van der Waals surface area contributed by atoms with Gasteiger partial charge in [0.1, 0.15) is 0 Å². The van der Waals surface area contributed by atoms with Crippen LogP contribution in [0.15, 0.2) is 81.3 Å². The van der Waals surface area contributed by atoms with Crippen molar-refractivity contribution >= 4 is 22.7 Å². The molecule has 0 radical (unpaired) electrons. The van der Waals surface area contributed by atoms with Crippen molar-refractivity contribution in [1.29, 1.82) is 0 Å². The Bertz CT molecular complexity index is 1250. The third-order valence-corrected chi connectivity index (χ3v) is 7.62. The van der Waals surface area contributed by atoms with E-state index < -0.39 is 0 Å². The predicted octanol–water partition coefficient (Wildman–Crippen LogP) is 5.53. The zero-order valence-corrected chi connectivity index (χ0v) is 20.3. The van der Waals surface area contributed by atoms with Gasteiger partial charge in [-0.2, -0.15) is 0 Å².